The molecule has 5 heteroatoms. The second-order valence-electron chi connectivity index (χ2n) is 4.42. The van der Waals surface area contributed by atoms with Gasteiger partial charge in [0.2, 0.25) is 0 Å². The van der Waals surface area contributed by atoms with Crippen molar-refractivity contribution in [1.82, 2.24) is 0 Å². The number of halogens is 1. The van der Waals surface area contributed by atoms with Gasteiger partial charge < -0.3 is 10.9 Å². The third-order valence-corrected chi connectivity index (χ3v) is 3.62. The SMILES string of the molecule is CC(C)(CCSc1ccc(F)cc1)C(N)=NO. The van der Waals surface area contributed by atoms with Gasteiger partial charge in [-0.2, -0.15) is 0 Å². The third-order valence-electron chi connectivity index (χ3n) is 2.61. The molecule has 0 atom stereocenters. The summed E-state index contributed by atoms with van der Waals surface area (Å²) in [4.78, 5) is 1.02. The van der Waals surface area contributed by atoms with E-state index >= 15 is 0 Å². The lowest BCUT2D eigenvalue weighted by Gasteiger charge is -2.22. The van der Waals surface area contributed by atoms with Crippen molar-refractivity contribution in [2.24, 2.45) is 16.3 Å². The van der Waals surface area contributed by atoms with E-state index < -0.39 is 0 Å². The van der Waals surface area contributed by atoms with Crippen LogP contribution in [0, 0.1) is 11.2 Å². The Hall–Kier alpha value is -1.23. The molecule has 0 amide bonds. The maximum Gasteiger partial charge on any atom is 0.144 e. The van der Waals surface area contributed by atoms with Gasteiger partial charge in [0.25, 0.3) is 0 Å². The molecule has 1 aromatic carbocycles. The van der Waals surface area contributed by atoms with Crippen LogP contribution >= 0.6 is 11.8 Å². The summed E-state index contributed by atoms with van der Waals surface area (Å²) in [7, 11) is 0. The number of amidine groups is 1. The van der Waals surface area contributed by atoms with Crippen molar-refractivity contribution in [3.05, 3.63) is 30.1 Å². The number of hydrogen-bond acceptors (Lipinski definition) is 3. The number of hydrogen-bond donors (Lipinski definition) is 2. The lowest BCUT2D eigenvalue weighted by atomic mass is 9.89. The predicted molar refractivity (Wildman–Crippen MR) is 68.9 cm³/mol. The van der Waals surface area contributed by atoms with Crippen molar-refractivity contribution in [1.29, 1.82) is 0 Å². The first-order valence-corrected chi connectivity index (χ1v) is 6.30. The third kappa shape index (κ3) is 4.26. The first-order chi connectivity index (χ1) is 7.95. The molecular formula is C12H17FN2OS. The van der Waals surface area contributed by atoms with Crippen molar-refractivity contribution in [2.75, 3.05) is 5.75 Å². The Morgan fingerprint density at radius 3 is 2.53 bits per heavy atom. The van der Waals surface area contributed by atoms with Gasteiger partial charge >= 0.3 is 0 Å². The number of thioether (sulfide) groups is 1. The first kappa shape index (κ1) is 13.8. The zero-order valence-corrected chi connectivity index (χ0v) is 10.8. The molecule has 3 nitrogen and oxygen atoms in total. The molecule has 0 aliphatic heterocycles. The number of rotatable bonds is 5. The molecule has 0 bridgehead atoms. The Bertz CT molecular complexity index is 390. The summed E-state index contributed by atoms with van der Waals surface area (Å²) in [5.74, 6) is 0.832. The Kier molecular flexibility index (Phi) is 4.81. The van der Waals surface area contributed by atoms with Crippen LogP contribution in [0.5, 0.6) is 0 Å². The predicted octanol–water partition coefficient (Wildman–Crippen LogP) is 3.08. The van der Waals surface area contributed by atoms with Gasteiger partial charge in [-0.3, -0.25) is 0 Å². The standard InChI is InChI=1S/C12H17FN2OS/c1-12(2,11(14)15-16)7-8-17-10-5-3-9(13)4-6-10/h3-6,16H,7-8H2,1-2H3,(H2,14,15). The smallest absolute Gasteiger partial charge is 0.144 e. The average Bonchev–Trinajstić information content (AvgIpc) is 2.30. The van der Waals surface area contributed by atoms with Crippen molar-refractivity contribution < 1.29 is 9.60 Å². The zero-order valence-electron chi connectivity index (χ0n) is 9.98. The first-order valence-electron chi connectivity index (χ1n) is 5.32. The molecule has 1 rings (SSSR count). The molecule has 0 aliphatic rings. The van der Waals surface area contributed by atoms with E-state index in [1.807, 2.05) is 13.8 Å². The molecule has 0 heterocycles. The van der Waals surface area contributed by atoms with Crippen LogP contribution < -0.4 is 5.73 Å². The van der Waals surface area contributed by atoms with E-state index in [1.165, 1.54) is 12.1 Å². The number of oxime groups is 1. The van der Waals surface area contributed by atoms with Gasteiger partial charge in [-0.1, -0.05) is 19.0 Å². The summed E-state index contributed by atoms with van der Waals surface area (Å²) < 4.78 is 12.7. The number of benzene rings is 1. The second kappa shape index (κ2) is 5.91. The van der Waals surface area contributed by atoms with E-state index in [0.29, 0.717) is 0 Å². The highest BCUT2D eigenvalue weighted by molar-refractivity contribution is 7.99. The van der Waals surface area contributed by atoms with E-state index in [9.17, 15) is 4.39 Å². The van der Waals surface area contributed by atoms with Gasteiger partial charge in [-0.15, -0.1) is 11.8 Å². The number of nitrogens with zero attached hydrogens (tertiary/aromatic N) is 1. The molecule has 3 N–H and O–H groups in total. The van der Waals surface area contributed by atoms with Crippen molar-refractivity contribution >= 4 is 17.6 Å². The molecule has 0 radical (unpaired) electrons. The van der Waals surface area contributed by atoms with Crippen LogP contribution in [-0.4, -0.2) is 16.8 Å². The summed E-state index contributed by atoms with van der Waals surface area (Å²) >= 11 is 1.63. The normalized spacial score (nSPS) is 12.8. The van der Waals surface area contributed by atoms with Crippen LogP contribution in [0.15, 0.2) is 34.3 Å². The molecule has 0 saturated carbocycles. The summed E-state index contributed by atoms with van der Waals surface area (Å²) in [6.07, 6.45) is 0.783. The number of nitrogens with two attached hydrogens (primary N) is 1. The van der Waals surface area contributed by atoms with E-state index in [4.69, 9.17) is 10.9 Å². The van der Waals surface area contributed by atoms with E-state index in [-0.39, 0.29) is 17.1 Å². The molecule has 0 fully saturated rings. The minimum absolute atomic E-state index is 0.230. The Labute approximate surface area is 105 Å². The maximum absolute atomic E-state index is 12.7. The van der Waals surface area contributed by atoms with Gasteiger partial charge in [0, 0.05) is 10.3 Å². The van der Waals surface area contributed by atoms with Gasteiger partial charge in [-0.25, -0.2) is 4.39 Å². The molecule has 0 aromatic heterocycles. The largest absolute Gasteiger partial charge is 0.409 e. The van der Waals surface area contributed by atoms with Gasteiger partial charge in [-0.05, 0) is 36.4 Å². The minimum Gasteiger partial charge on any atom is -0.409 e. The van der Waals surface area contributed by atoms with Gasteiger partial charge in [0.05, 0.1) is 0 Å². The van der Waals surface area contributed by atoms with Crippen molar-refractivity contribution in [3.8, 4) is 0 Å². The van der Waals surface area contributed by atoms with Crippen LogP contribution in [0.2, 0.25) is 0 Å². The van der Waals surface area contributed by atoms with Crippen LogP contribution in [-0.2, 0) is 0 Å². The van der Waals surface area contributed by atoms with Gasteiger partial charge in [0.15, 0.2) is 0 Å². The highest BCUT2D eigenvalue weighted by Crippen LogP contribution is 2.26. The molecule has 0 aliphatic carbocycles. The second-order valence-corrected chi connectivity index (χ2v) is 5.59. The van der Waals surface area contributed by atoms with Crippen LogP contribution in [0.25, 0.3) is 0 Å². The lowest BCUT2D eigenvalue weighted by Crippen LogP contribution is -2.32. The van der Waals surface area contributed by atoms with Crippen LogP contribution in [0.4, 0.5) is 4.39 Å². The fourth-order valence-electron chi connectivity index (χ4n) is 1.22. The summed E-state index contributed by atoms with van der Waals surface area (Å²) in [5.41, 5.74) is 5.26. The topological polar surface area (TPSA) is 58.6 Å². The Balaban J connectivity index is 2.45. The fourth-order valence-corrected chi connectivity index (χ4v) is 2.39. The van der Waals surface area contributed by atoms with Crippen LogP contribution in [0.1, 0.15) is 20.3 Å². The van der Waals surface area contributed by atoms with Crippen molar-refractivity contribution in [2.45, 2.75) is 25.2 Å². The maximum atomic E-state index is 12.7. The Morgan fingerprint density at radius 2 is 2.00 bits per heavy atom. The molecule has 17 heavy (non-hydrogen) atoms. The monoisotopic (exact) mass is 256 g/mol. The highest BCUT2D eigenvalue weighted by Gasteiger charge is 2.22. The zero-order chi connectivity index (χ0) is 12.9. The Morgan fingerprint density at radius 1 is 1.41 bits per heavy atom. The molecule has 0 spiro atoms. The van der Waals surface area contributed by atoms with Crippen LogP contribution in [0.3, 0.4) is 0 Å². The molecule has 94 valence electrons. The summed E-state index contributed by atoms with van der Waals surface area (Å²) in [6, 6.07) is 6.38. The van der Waals surface area contributed by atoms with E-state index in [0.717, 1.165) is 17.1 Å². The van der Waals surface area contributed by atoms with E-state index in [2.05, 4.69) is 5.16 Å². The highest BCUT2D eigenvalue weighted by atomic mass is 32.2. The molecule has 1 aromatic rings. The lowest BCUT2D eigenvalue weighted by molar-refractivity contribution is 0.307. The van der Waals surface area contributed by atoms with Crippen molar-refractivity contribution in [3.63, 3.8) is 0 Å². The fraction of sp³-hybridized carbons (Fsp3) is 0.417. The minimum atomic E-state index is -0.332. The van der Waals surface area contributed by atoms with E-state index in [1.54, 1.807) is 23.9 Å². The molecule has 0 saturated heterocycles. The molecule has 0 unspecified atom stereocenters. The molecular weight excluding hydrogens is 239 g/mol. The average molecular weight is 256 g/mol. The quantitative estimate of drug-likeness (QED) is 0.280. The van der Waals surface area contributed by atoms with Gasteiger partial charge in [0.1, 0.15) is 11.7 Å². The summed E-state index contributed by atoms with van der Waals surface area (Å²) in [5, 5.41) is 11.7. The summed E-state index contributed by atoms with van der Waals surface area (Å²) in [6.45, 7) is 3.85.